The molecule has 2 rings (SSSR count). The Morgan fingerprint density at radius 1 is 1.12 bits per heavy atom. The number of halogens is 3. The van der Waals surface area contributed by atoms with E-state index in [1.54, 1.807) is 6.07 Å². The summed E-state index contributed by atoms with van der Waals surface area (Å²) in [6.07, 6.45) is 5.14. The van der Waals surface area contributed by atoms with Crippen molar-refractivity contribution in [2.45, 2.75) is 44.7 Å². The number of nitrogens with one attached hydrogen (secondary N) is 1. The van der Waals surface area contributed by atoms with Gasteiger partial charge in [-0.1, -0.05) is 53.7 Å². The van der Waals surface area contributed by atoms with E-state index in [0.717, 1.165) is 5.56 Å². The van der Waals surface area contributed by atoms with Crippen molar-refractivity contribution in [3.63, 3.8) is 0 Å². The molecule has 1 saturated carbocycles. The summed E-state index contributed by atoms with van der Waals surface area (Å²) >= 11 is 18.2. The zero-order valence-electron chi connectivity index (χ0n) is 9.77. The van der Waals surface area contributed by atoms with Gasteiger partial charge >= 0.3 is 0 Å². The highest BCUT2D eigenvalue weighted by atomic mass is 35.5. The molecule has 1 atom stereocenters. The highest BCUT2D eigenvalue weighted by Gasteiger charge is 2.20. The number of benzene rings is 1. The Balaban J connectivity index is 2.13. The molecule has 1 unspecified atom stereocenters. The van der Waals surface area contributed by atoms with Crippen LogP contribution in [0.3, 0.4) is 0 Å². The van der Waals surface area contributed by atoms with Crippen LogP contribution < -0.4 is 5.32 Å². The van der Waals surface area contributed by atoms with Crippen LogP contribution in [0.25, 0.3) is 0 Å². The van der Waals surface area contributed by atoms with E-state index < -0.39 is 0 Å². The maximum atomic E-state index is 6.22. The molecule has 0 aliphatic heterocycles. The fraction of sp³-hybridized carbons (Fsp3) is 0.538. The quantitative estimate of drug-likeness (QED) is 0.751. The Morgan fingerprint density at radius 2 is 1.76 bits per heavy atom. The van der Waals surface area contributed by atoms with Crippen LogP contribution in [0, 0.1) is 0 Å². The van der Waals surface area contributed by atoms with Crippen LogP contribution in [0.1, 0.15) is 44.2 Å². The zero-order chi connectivity index (χ0) is 12.4. The van der Waals surface area contributed by atoms with Crippen LogP contribution in [0.5, 0.6) is 0 Å². The average molecular weight is 293 g/mol. The van der Waals surface area contributed by atoms with Crippen LogP contribution in [0.15, 0.2) is 12.1 Å². The number of rotatable bonds is 3. The largest absolute Gasteiger partial charge is 0.307 e. The van der Waals surface area contributed by atoms with Crippen molar-refractivity contribution in [1.82, 2.24) is 5.32 Å². The minimum absolute atomic E-state index is 0.209. The summed E-state index contributed by atoms with van der Waals surface area (Å²) in [5.74, 6) is 0. The summed E-state index contributed by atoms with van der Waals surface area (Å²) < 4.78 is 0. The van der Waals surface area contributed by atoms with Gasteiger partial charge in [0.15, 0.2) is 0 Å². The van der Waals surface area contributed by atoms with Crippen LogP contribution in [-0.2, 0) is 0 Å². The van der Waals surface area contributed by atoms with Crippen molar-refractivity contribution in [2.24, 2.45) is 0 Å². The predicted molar refractivity (Wildman–Crippen MR) is 75.3 cm³/mol. The van der Waals surface area contributed by atoms with Crippen LogP contribution in [-0.4, -0.2) is 6.04 Å². The maximum absolute atomic E-state index is 6.22. The monoisotopic (exact) mass is 291 g/mol. The Kier molecular flexibility index (Phi) is 4.59. The first-order chi connectivity index (χ1) is 8.09. The molecule has 1 aliphatic carbocycles. The number of hydrogen-bond donors (Lipinski definition) is 1. The molecule has 0 bridgehead atoms. The molecular formula is C13H16Cl3N. The first-order valence-electron chi connectivity index (χ1n) is 5.99. The lowest BCUT2D eigenvalue weighted by Crippen LogP contribution is -2.29. The molecule has 0 radical (unpaired) electrons. The SMILES string of the molecule is CC(NC1CCCC1)c1ccc(Cl)c(Cl)c1Cl. The van der Waals surface area contributed by atoms with Gasteiger partial charge in [0.2, 0.25) is 0 Å². The molecule has 0 amide bonds. The molecule has 1 N–H and O–H groups in total. The molecular weight excluding hydrogens is 277 g/mol. The van der Waals surface area contributed by atoms with Gasteiger partial charge < -0.3 is 5.32 Å². The molecule has 0 heterocycles. The van der Waals surface area contributed by atoms with Crippen LogP contribution in [0.2, 0.25) is 15.1 Å². The fourth-order valence-corrected chi connectivity index (χ4v) is 3.12. The summed E-state index contributed by atoms with van der Waals surface area (Å²) in [7, 11) is 0. The summed E-state index contributed by atoms with van der Waals surface area (Å²) in [4.78, 5) is 0. The Morgan fingerprint density at radius 3 is 2.41 bits per heavy atom. The topological polar surface area (TPSA) is 12.0 Å². The highest BCUT2D eigenvalue weighted by Crippen LogP contribution is 2.35. The third-order valence-corrected chi connectivity index (χ3v) is 4.68. The summed E-state index contributed by atoms with van der Waals surface area (Å²) in [5, 5.41) is 5.12. The number of hydrogen-bond acceptors (Lipinski definition) is 1. The van der Waals surface area contributed by atoms with Gasteiger partial charge in [-0.3, -0.25) is 0 Å². The second-order valence-corrected chi connectivity index (χ2v) is 5.80. The normalized spacial score (nSPS) is 18.6. The molecule has 0 saturated heterocycles. The maximum Gasteiger partial charge on any atom is 0.0781 e. The zero-order valence-corrected chi connectivity index (χ0v) is 12.0. The van der Waals surface area contributed by atoms with E-state index in [-0.39, 0.29) is 6.04 Å². The van der Waals surface area contributed by atoms with Crippen molar-refractivity contribution in [2.75, 3.05) is 0 Å². The van der Waals surface area contributed by atoms with Gasteiger partial charge in [0.1, 0.15) is 0 Å². The molecule has 4 heteroatoms. The lowest BCUT2D eigenvalue weighted by Gasteiger charge is -2.21. The van der Waals surface area contributed by atoms with Gasteiger partial charge in [-0.2, -0.15) is 0 Å². The van der Waals surface area contributed by atoms with E-state index in [1.165, 1.54) is 25.7 Å². The van der Waals surface area contributed by atoms with Crippen LogP contribution >= 0.6 is 34.8 Å². The Bertz CT molecular complexity index is 400. The predicted octanol–water partition coefficient (Wildman–Crippen LogP) is 5.24. The Labute approximate surface area is 117 Å². The minimum Gasteiger partial charge on any atom is -0.307 e. The van der Waals surface area contributed by atoms with Gasteiger partial charge in [0, 0.05) is 12.1 Å². The molecule has 1 aliphatic rings. The minimum atomic E-state index is 0.209. The second-order valence-electron chi connectivity index (χ2n) is 4.63. The molecule has 1 nitrogen and oxygen atoms in total. The Hall–Kier alpha value is 0.0500. The van der Waals surface area contributed by atoms with Crippen molar-refractivity contribution in [3.05, 3.63) is 32.8 Å². The lowest BCUT2D eigenvalue weighted by molar-refractivity contribution is 0.461. The highest BCUT2D eigenvalue weighted by molar-refractivity contribution is 6.48. The van der Waals surface area contributed by atoms with E-state index in [9.17, 15) is 0 Å². The van der Waals surface area contributed by atoms with Gasteiger partial charge in [-0.15, -0.1) is 0 Å². The molecule has 0 aromatic heterocycles. The molecule has 17 heavy (non-hydrogen) atoms. The first-order valence-corrected chi connectivity index (χ1v) is 7.12. The third-order valence-electron chi connectivity index (χ3n) is 3.37. The van der Waals surface area contributed by atoms with E-state index in [1.807, 2.05) is 6.07 Å². The van der Waals surface area contributed by atoms with Crippen molar-refractivity contribution >= 4 is 34.8 Å². The molecule has 1 aromatic rings. The van der Waals surface area contributed by atoms with E-state index in [0.29, 0.717) is 21.1 Å². The van der Waals surface area contributed by atoms with Crippen LogP contribution in [0.4, 0.5) is 0 Å². The lowest BCUT2D eigenvalue weighted by atomic mass is 10.1. The van der Waals surface area contributed by atoms with Gasteiger partial charge in [-0.05, 0) is 31.4 Å². The van der Waals surface area contributed by atoms with Gasteiger partial charge in [-0.25, -0.2) is 0 Å². The summed E-state index contributed by atoms with van der Waals surface area (Å²) in [6.45, 7) is 2.11. The first kappa shape index (κ1) is 13.5. The van der Waals surface area contributed by atoms with Crippen molar-refractivity contribution < 1.29 is 0 Å². The fourth-order valence-electron chi connectivity index (χ4n) is 2.41. The summed E-state index contributed by atoms with van der Waals surface area (Å²) in [6, 6.07) is 4.57. The van der Waals surface area contributed by atoms with E-state index in [2.05, 4.69) is 12.2 Å². The molecule has 1 fully saturated rings. The average Bonchev–Trinajstić information content (AvgIpc) is 2.78. The second kappa shape index (κ2) is 5.79. The van der Waals surface area contributed by atoms with Gasteiger partial charge in [0.05, 0.1) is 15.1 Å². The smallest absolute Gasteiger partial charge is 0.0781 e. The third kappa shape index (κ3) is 3.08. The van der Waals surface area contributed by atoms with Crippen molar-refractivity contribution in [1.29, 1.82) is 0 Å². The van der Waals surface area contributed by atoms with Crippen molar-refractivity contribution in [3.8, 4) is 0 Å². The van der Waals surface area contributed by atoms with E-state index >= 15 is 0 Å². The molecule has 1 aromatic carbocycles. The molecule has 94 valence electrons. The van der Waals surface area contributed by atoms with Gasteiger partial charge in [0.25, 0.3) is 0 Å². The standard InChI is InChI=1S/C13H16Cl3N/c1-8(17-9-4-2-3-5-9)10-6-7-11(14)13(16)12(10)15/h6-9,17H,2-5H2,1H3. The summed E-state index contributed by atoms with van der Waals surface area (Å²) in [5.41, 5.74) is 1.02. The van der Waals surface area contributed by atoms with E-state index in [4.69, 9.17) is 34.8 Å². The molecule has 0 spiro atoms.